The predicted molar refractivity (Wildman–Crippen MR) is 63.6 cm³/mol. The fourth-order valence-electron chi connectivity index (χ4n) is 1.31. The lowest BCUT2D eigenvalue weighted by Gasteiger charge is -2.17. The SMILES string of the molecule is C=CCC(COCCO)Oc1ccccc1. The highest BCUT2D eigenvalue weighted by molar-refractivity contribution is 5.21. The van der Waals surface area contributed by atoms with Crippen molar-refractivity contribution in [1.29, 1.82) is 0 Å². The van der Waals surface area contributed by atoms with Gasteiger partial charge in [0.05, 0.1) is 19.8 Å². The van der Waals surface area contributed by atoms with Crippen LogP contribution in [0.25, 0.3) is 0 Å². The Hall–Kier alpha value is -1.32. The quantitative estimate of drug-likeness (QED) is 0.540. The fraction of sp³-hybridized carbons (Fsp3) is 0.385. The lowest BCUT2D eigenvalue weighted by molar-refractivity contribution is 0.0334. The lowest BCUT2D eigenvalue weighted by atomic mass is 10.2. The fourth-order valence-corrected chi connectivity index (χ4v) is 1.31. The Balaban J connectivity index is 2.41. The number of ether oxygens (including phenoxy) is 2. The molecule has 0 aliphatic heterocycles. The molecule has 1 N–H and O–H groups in total. The molecule has 0 heterocycles. The van der Waals surface area contributed by atoms with Crippen LogP contribution < -0.4 is 4.74 Å². The molecule has 0 fully saturated rings. The predicted octanol–water partition coefficient (Wildman–Crippen LogP) is 2.02. The zero-order valence-corrected chi connectivity index (χ0v) is 9.34. The van der Waals surface area contributed by atoms with Crippen LogP contribution in [0.1, 0.15) is 6.42 Å². The van der Waals surface area contributed by atoms with E-state index in [1.54, 1.807) is 6.08 Å². The second kappa shape index (κ2) is 7.91. The summed E-state index contributed by atoms with van der Waals surface area (Å²) in [6, 6.07) is 9.60. The number of hydrogen-bond acceptors (Lipinski definition) is 3. The molecule has 0 aromatic heterocycles. The molecule has 1 unspecified atom stereocenters. The van der Waals surface area contributed by atoms with Gasteiger partial charge in [-0.3, -0.25) is 0 Å². The Bertz CT molecular complexity index is 284. The van der Waals surface area contributed by atoms with Crippen molar-refractivity contribution in [2.45, 2.75) is 12.5 Å². The molecule has 0 aliphatic carbocycles. The molecule has 1 atom stereocenters. The molecule has 0 saturated carbocycles. The molecule has 0 amide bonds. The molecule has 3 heteroatoms. The van der Waals surface area contributed by atoms with Gasteiger partial charge in [0, 0.05) is 6.42 Å². The van der Waals surface area contributed by atoms with Crippen LogP contribution in [0.4, 0.5) is 0 Å². The molecule has 1 aromatic carbocycles. The van der Waals surface area contributed by atoms with Crippen molar-refractivity contribution >= 4 is 0 Å². The van der Waals surface area contributed by atoms with Crippen LogP contribution in [0.5, 0.6) is 5.75 Å². The van der Waals surface area contributed by atoms with Crippen LogP contribution in [-0.4, -0.2) is 31.0 Å². The van der Waals surface area contributed by atoms with Crippen LogP contribution >= 0.6 is 0 Å². The van der Waals surface area contributed by atoms with Crippen LogP contribution in [0.3, 0.4) is 0 Å². The van der Waals surface area contributed by atoms with Gasteiger partial charge in [0.2, 0.25) is 0 Å². The minimum Gasteiger partial charge on any atom is -0.488 e. The van der Waals surface area contributed by atoms with Crippen LogP contribution in [0.15, 0.2) is 43.0 Å². The Morgan fingerprint density at radius 1 is 1.31 bits per heavy atom. The minimum atomic E-state index is -0.0496. The zero-order valence-electron chi connectivity index (χ0n) is 9.34. The maximum Gasteiger partial charge on any atom is 0.125 e. The van der Waals surface area contributed by atoms with E-state index < -0.39 is 0 Å². The number of benzene rings is 1. The molecule has 16 heavy (non-hydrogen) atoms. The number of hydrogen-bond donors (Lipinski definition) is 1. The first-order valence-electron chi connectivity index (χ1n) is 5.38. The highest BCUT2D eigenvalue weighted by atomic mass is 16.5. The van der Waals surface area contributed by atoms with Gasteiger partial charge in [0.25, 0.3) is 0 Å². The first-order chi connectivity index (χ1) is 7.86. The molecule has 0 spiro atoms. The third-order valence-corrected chi connectivity index (χ3v) is 2.01. The summed E-state index contributed by atoms with van der Waals surface area (Å²) in [6.45, 7) is 4.52. The van der Waals surface area contributed by atoms with E-state index in [-0.39, 0.29) is 12.7 Å². The number of para-hydroxylation sites is 1. The van der Waals surface area contributed by atoms with E-state index in [4.69, 9.17) is 14.6 Å². The van der Waals surface area contributed by atoms with E-state index in [0.29, 0.717) is 13.2 Å². The van der Waals surface area contributed by atoms with E-state index in [1.807, 2.05) is 30.3 Å². The second-order valence-electron chi connectivity index (χ2n) is 3.38. The topological polar surface area (TPSA) is 38.7 Å². The van der Waals surface area contributed by atoms with Gasteiger partial charge < -0.3 is 14.6 Å². The van der Waals surface area contributed by atoms with Gasteiger partial charge in [-0.1, -0.05) is 24.3 Å². The average Bonchev–Trinajstić information content (AvgIpc) is 2.31. The van der Waals surface area contributed by atoms with Crippen LogP contribution in [0.2, 0.25) is 0 Å². The summed E-state index contributed by atoms with van der Waals surface area (Å²) in [5.41, 5.74) is 0. The Kier molecular flexibility index (Phi) is 6.30. The molecule has 0 bridgehead atoms. The maximum absolute atomic E-state index is 8.61. The molecular formula is C13H18O3. The van der Waals surface area contributed by atoms with E-state index in [2.05, 4.69) is 6.58 Å². The number of aliphatic hydroxyl groups is 1. The zero-order chi connectivity index (χ0) is 11.6. The Morgan fingerprint density at radius 2 is 2.06 bits per heavy atom. The summed E-state index contributed by atoms with van der Waals surface area (Å²) in [5, 5.41) is 8.61. The molecular weight excluding hydrogens is 204 g/mol. The van der Waals surface area contributed by atoms with Crippen molar-refractivity contribution in [3.8, 4) is 5.75 Å². The Morgan fingerprint density at radius 3 is 2.69 bits per heavy atom. The maximum atomic E-state index is 8.61. The summed E-state index contributed by atoms with van der Waals surface area (Å²) in [4.78, 5) is 0. The second-order valence-corrected chi connectivity index (χ2v) is 3.38. The normalized spacial score (nSPS) is 12.1. The van der Waals surface area contributed by atoms with E-state index >= 15 is 0 Å². The summed E-state index contributed by atoms with van der Waals surface area (Å²) < 4.78 is 11.0. The third kappa shape index (κ3) is 4.96. The minimum absolute atomic E-state index is 0.0339. The number of aliphatic hydroxyl groups excluding tert-OH is 1. The van der Waals surface area contributed by atoms with Gasteiger partial charge in [0.15, 0.2) is 0 Å². The summed E-state index contributed by atoms with van der Waals surface area (Å²) in [7, 11) is 0. The largest absolute Gasteiger partial charge is 0.488 e. The van der Waals surface area contributed by atoms with Gasteiger partial charge in [0.1, 0.15) is 11.9 Å². The van der Waals surface area contributed by atoms with Gasteiger partial charge >= 0.3 is 0 Å². The molecule has 0 aliphatic rings. The van der Waals surface area contributed by atoms with E-state index in [0.717, 1.165) is 12.2 Å². The molecule has 1 rings (SSSR count). The molecule has 3 nitrogen and oxygen atoms in total. The van der Waals surface area contributed by atoms with E-state index in [1.165, 1.54) is 0 Å². The highest BCUT2D eigenvalue weighted by Crippen LogP contribution is 2.12. The smallest absolute Gasteiger partial charge is 0.125 e. The van der Waals surface area contributed by atoms with E-state index in [9.17, 15) is 0 Å². The van der Waals surface area contributed by atoms with Crippen molar-refractivity contribution in [3.63, 3.8) is 0 Å². The standard InChI is InChI=1S/C13H18O3/c1-2-6-13(11-15-10-9-14)16-12-7-4-3-5-8-12/h2-5,7-8,13-14H,1,6,9-11H2. The van der Waals surface area contributed by atoms with Crippen LogP contribution in [0, 0.1) is 0 Å². The van der Waals surface area contributed by atoms with Gasteiger partial charge in [-0.05, 0) is 12.1 Å². The third-order valence-electron chi connectivity index (χ3n) is 2.01. The summed E-state index contributed by atoms with van der Waals surface area (Å²) >= 11 is 0. The van der Waals surface area contributed by atoms with Crippen molar-refractivity contribution < 1.29 is 14.6 Å². The lowest BCUT2D eigenvalue weighted by Crippen LogP contribution is -2.23. The van der Waals surface area contributed by atoms with Gasteiger partial charge in [-0.15, -0.1) is 6.58 Å². The molecule has 1 aromatic rings. The summed E-state index contributed by atoms with van der Waals surface area (Å²) in [6.07, 6.45) is 2.47. The molecule has 88 valence electrons. The average molecular weight is 222 g/mol. The van der Waals surface area contributed by atoms with Crippen molar-refractivity contribution in [3.05, 3.63) is 43.0 Å². The molecule has 0 radical (unpaired) electrons. The van der Waals surface area contributed by atoms with Crippen molar-refractivity contribution in [2.24, 2.45) is 0 Å². The first-order valence-corrected chi connectivity index (χ1v) is 5.38. The van der Waals surface area contributed by atoms with Gasteiger partial charge in [-0.2, -0.15) is 0 Å². The van der Waals surface area contributed by atoms with Crippen LogP contribution in [-0.2, 0) is 4.74 Å². The van der Waals surface area contributed by atoms with Gasteiger partial charge in [-0.25, -0.2) is 0 Å². The van der Waals surface area contributed by atoms with Crippen molar-refractivity contribution in [2.75, 3.05) is 19.8 Å². The first kappa shape index (κ1) is 12.7. The highest BCUT2D eigenvalue weighted by Gasteiger charge is 2.08. The van der Waals surface area contributed by atoms with Crippen molar-refractivity contribution in [1.82, 2.24) is 0 Å². The Labute approximate surface area is 96.3 Å². The molecule has 0 saturated heterocycles. The monoisotopic (exact) mass is 222 g/mol. The number of rotatable bonds is 8. The summed E-state index contributed by atoms with van der Waals surface area (Å²) in [5.74, 6) is 0.821.